The van der Waals surface area contributed by atoms with E-state index in [1.54, 1.807) is 35.5 Å². The summed E-state index contributed by atoms with van der Waals surface area (Å²) in [5, 5.41) is 3.59. The maximum Gasteiger partial charge on any atom is 0.258 e. The van der Waals surface area contributed by atoms with Crippen LogP contribution in [-0.4, -0.2) is 29.9 Å². The van der Waals surface area contributed by atoms with Gasteiger partial charge in [-0.3, -0.25) is 14.6 Å². The molecule has 6 nitrogen and oxygen atoms in total. The summed E-state index contributed by atoms with van der Waals surface area (Å²) >= 11 is 11.8. The second-order valence-electron chi connectivity index (χ2n) is 5.84. The van der Waals surface area contributed by atoms with Crippen molar-refractivity contribution in [2.24, 2.45) is 0 Å². The first kappa shape index (κ1) is 18.5. The number of aromatic nitrogens is 1. The average molecular weight is 394 g/mol. The summed E-state index contributed by atoms with van der Waals surface area (Å²) in [6.45, 7) is 0.824. The lowest BCUT2D eigenvalue weighted by atomic mass is 10.2. The lowest BCUT2D eigenvalue weighted by molar-refractivity contribution is -0.123. The van der Waals surface area contributed by atoms with Gasteiger partial charge in [-0.05, 0) is 36.2 Å². The van der Waals surface area contributed by atoms with E-state index >= 15 is 0 Å². The molecule has 0 saturated carbocycles. The van der Waals surface area contributed by atoms with Crippen LogP contribution in [0.2, 0.25) is 10.0 Å². The molecule has 1 aliphatic rings. The second kappa shape index (κ2) is 8.38. The molecule has 2 aromatic rings. The summed E-state index contributed by atoms with van der Waals surface area (Å²) in [5.41, 5.74) is 1.56. The van der Waals surface area contributed by atoms with Crippen molar-refractivity contribution in [3.05, 3.63) is 52.3 Å². The highest BCUT2D eigenvalue weighted by molar-refractivity contribution is 6.35. The zero-order valence-corrected chi connectivity index (χ0v) is 15.4. The molecule has 1 saturated heterocycles. The van der Waals surface area contributed by atoms with Crippen LogP contribution in [0, 0.1) is 0 Å². The van der Waals surface area contributed by atoms with E-state index in [0.717, 1.165) is 17.7 Å². The molecule has 0 aliphatic carbocycles. The van der Waals surface area contributed by atoms with Gasteiger partial charge in [0.25, 0.3) is 5.91 Å². The lowest BCUT2D eigenvalue weighted by Gasteiger charge is -2.16. The number of carbonyl (C=O) groups excluding carboxylic acids is 2. The van der Waals surface area contributed by atoms with Gasteiger partial charge in [-0.1, -0.05) is 23.2 Å². The number of amides is 2. The third kappa shape index (κ3) is 4.65. The van der Waals surface area contributed by atoms with Gasteiger partial charge in [0.05, 0.1) is 16.9 Å². The van der Waals surface area contributed by atoms with Crippen LogP contribution < -0.4 is 15.0 Å². The molecular formula is C18H17Cl2N3O3. The van der Waals surface area contributed by atoms with Gasteiger partial charge in [0.15, 0.2) is 6.61 Å². The van der Waals surface area contributed by atoms with Crippen LogP contribution in [0.25, 0.3) is 0 Å². The Morgan fingerprint density at radius 1 is 1.27 bits per heavy atom. The molecule has 26 heavy (non-hydrogen) atoms. The van der Waals surface area contributed by atoms with Gasteiger partial charge in [0, 0.05) is 30.7 Å². The number of ether oxygens (including phenoxy) is 1. The Hall–Kier alpha value is -2.31. The highest BCUT2D eigenvalue weighted by Gasteiger charge is 2.22. The van der Waals surface area contributed by atoms with Crippen molar-refractivity contribution < 1.29 is 14.3 Å². The van der Waals surface area contributed by atoms with Gasteiger partial charge < -0.3 is 15.0 Å². The fraction of sp³-hybridized carbons (Fsp3) is 0.278. The van der Waals surface area contributed by atoms with Gasteiger partial charge in [0.1, 0.15) is 5.75 Å². The van der Waals surface area contributed by atoms with Crippen molar-refractivity contribution in [3.63, 3.8) is 0 Å². The maximum absolute atomic E-state index is 12.0. The van der Waals surface area contributed by atoms with E-state index < -0.39 is 0 Å². The molecule has 8 heteroatoms. The van der Waals surface area contributed by atoms with Crippen molar-refractivity contribution in [2.75, 3.05) is 18.1 Å². The van der Waals surface area contributed by atoms with E-state index in [0.29, 0.717) is 35.3 Å². The third-order valence-corrected chi connectivity index (χ3v) is 4.44. The Morgan fingerprint density at radius 2 is 2.12 bits per heavy atom. The predicted molar refractivity (Wildman–Crippen MR) is 99.6 cm³/mol. The van der Waals surface area contributed by atoms with Crippen LogP contribution in [0.3, 0.4) is 0 Å². The number of pyridine rings is 1. The van der Waals surface area contributed by atoms with E-state index in [4.69, 9.17) is 27.9 Å². The summed E-state index contributed by atoms with van der Waals surface area (Å²) in [5.74, 6) is 0.197. The van der Waals surface area contributed by atoms with Crippen molar-refractivity contribution in [2.45, 2.75) is 19.4 Å². The van der Waals surface area contributed by atoms with Crippen LogP contribution in [0.5, 0.6) is 5.75 Å². The number of nitrogens with one attached hydrogen (secondary N) is 1. The predicted octanol–water partition coefficient (Wildman–Crippen LogP) is 3.21. The van der Waals surface area contributed by atoms with Crippen molar-refractivity contribution in [1.82, 2.24) is 10.3 Å². The number of carbonyl (C=O) groups is 2. The summed E-state index contributed by atoms with van der Waals surface area (Å²) < 4.78 is 5.39. The Bertz CT molecular complexity index is 829. The zero-order chi connectivity index (χ0) is 18.5. The van der Waals surface area contributed by atoms with E-state index in [9.17, 15) is 9.59 Å². The van der Waals surface area contributed by atoms with Crippen molar-refractivity contribution in [1.29, 1.82) is 0 Å². The van der Waals surface area contributed by atoms with E-state index in [1.807, 2.05) is 6.07 Å². The minimum atomic E-state index is -0.293. The Morgan fingerprint density at radius 3 is 2.85 bits per heavy atom. The molecule has 2 heterocycles. The molecule has 0 radical (unpaired) electrons. The average Bonchev–Trinajstić information content (AvgIpc) is 3.05. The zero-order valence-electron chi connectivity index (χ0n) is 13.9. The van der Waals surface area contributed by atoms with Crippen LogP contribution in [-0.2, 0) is 16.1 Å². The van der Waals surface area contributed by atoms with Gasteiger partial charge in [-0.2, -0.15) is 0 Å². The number of nitrogens with zero attached hydrogens (tertiary/aromatic N) is 2. The first-order chi connectivity index (χ1) is 12.5. The standard InChI is InChI=1S/C18H17Cl2N3O3/c19-13-3-4-16(15(20)7-13)26-11-17(24)22-9-12-6-14(10-21-8-12)23-5-1-2-18(23)25/h3-4,6-8,10H,1-2,5,9,11H2,(H,22,24). The lowest BCUT2D eigenvalue weighted by Crippen LogP contribution is -2.29. The molecule has 2 amide bonds. The minimum absolute atomic E-state index is 0.0984. The molecule has 0 atom stereocenters. The largest absolute Gasteiger partial charge is 0.482 e. The van der Waals surface area contributed by atoms with Crippen LogP contribution >= 0.6 is 23.2 Å². The Balaban J connectivity index is 1.52. The molecular weight excluding hydrogens is 377 g/mol. The Labute approximate surface area is 161 Å². The molecule has 1 aromatic heterocycles. The van der Waals surface area contributed by atoms with Crippen LogP contribution in [0.1, 0.15) is 18.4 Å². The number of hydrogen-bond donors (Lipinski definition) is 1. The smallest absolute Gasteiger partial charge is 0.258 e. The van der Waals surface area contributed by atoms with Crippen LogP contribution in [0.4, 0.5) is 5.69 Å². The van der Waals surface area contributed by atoms with Crippen molar-refractivity contribution >= 4 is 40.7 Å². The Kier molecular flexibility index (Phi) is 5.96. The number of benzene rings is 1. The molecule has 136 valence electrons. The molecule has 0 unspecified atom stereocenters. The van der Waals surface area contributed by atoms with Gasteiger partial charge in [-0.25, -0.2) is 0 Å². The van der Waals surface area contributed by atoms with E-state index in [-0.39, 0.29) is 18.4 Å². The number of rotatable bonds is 6. The second-order valence-corrected chi connectivity index (χ2v) is 6.68. The molecule has 1 fully saturated rings. The quantitative estimate of drug-likeness (QED) is 0.817. The summed E-state index contributed by atoms with van der Waals surface area (Å²) in [7, 11) is 0. The van der Waals surface area contributed by atoms with Gasteiger partial charge in [0.2, 0.25) is 5.91 Å². The first-order valence-corrected chi connectivity index (χ1v) is 8.87. The third-order valence-electron chi connectivity index (χ3n) is 3.91. The van der Waals surface area contributed by atoms with Crippen molar-refractivity contribution in [3.8, 4) is 5.75 Å². The number of halogens is 2. The monoisotopic (exact) mass is 393 g/mol. The van der Waals surface area contributed by atoms with E-state index in [2.05, 4.69) is 10.3 Å². The SMILES string of the molecule is O=C(COc1ccc(Cl)cc1Cl)NCc1cncc(N2CCCC2=O)c1. The number of hydrogen-bond acceptors (Lipinski definition) is 4. The topological polar surface area (TPSA) is 71.5 Å². The molecule has 0 spiro atoms. The molecule has 0 bridgehead atoms. The molecule has 1 N–H and O–H groups in total. The summed E-state index contributed by atoms with van der Waals surface area (Å²) in [6, 6.07) is 6.65. The van der Waals surface area contributed by atoms with Gasteiger partial charge >= 0.3 is 0 Å². The fourth-order valence-corrected chi connectivity index (χ4v) is 3.09. The highest BCUT2D eigenvalue weighted by atomic mass is 35.5. The molecule has 3 rings (SSSR count). The molecule has 1 aliphatic heterocycles. The first-order valence-electron chi connectivity index (χ1n) is 8.12. The summed E-state index contributed by atoms with van der Waals surface area (Å²) in [4.78, 5) is 29.6. The number of anilines is 1. The normalized spacial score (nSPS) is 13.8. The highest BCUT2D eigenvalue weighted by Crippen LogP contribution is 2.27. The molecule has 1 aromatic carbocycles. The summed E-state index contributed by atoms with van der Waals surface area (Å²) in [6.07, 6.45) is 4.72. The van der Waals surface area contributed by atoms with E-state index in [1.165, 1.54) is 0 Å². The van der Waals surface area contributed by atoms with Crippen LogP contribution in [0.15, 0.2) is 36.7 Å². The maximum atomic E-state index is 12.0. The fourth-order valence-electron chi connectivity index (χ4n) is 2.63. The van der Waals surface area contributed by atoms with Gasteiger partial charge in [-0.15, -0.1) is 0 Å². The minimum Gasteiger partial charge on any atom is -0.482 e.